The third kappa shape index (κ3) is 4.65. The van der Waals surface area contributed by atoms with E-state index in [4.69, 9.17) is 4.98 Å². The van der Waals surface area contributed by atoms with Gasteiger partial charge in [0.2, 0.25) is 15.9 Å². The highest BCUT2D eigenvalue weighted by atomic mass is 32.2. The molecule has 178 valence electrons. The summed E-state index contributed by atoms with van der Waals surface area (Å²) in [6.45, 7) is 4.37. The van der Waals surface area contributed by atoms with E-state index in [0.29, 0.717) is 42.8 Å². The number of sulfonamides is 1. The topological polar surface area (TPSA) is 73.8 Å². The minimum atomic E-state index is -3.48. The molecule has 5 rings (SSSR count). The second-order valence-electron chi connectivity index (χ2n) is 8.78. The van der Waals surface area contributed by atoms with Crippen LogP contribution in [-0.4, -0.2) is 54.7 Å². The number of hydrogen-bond donors (Lipinski definition) is 0. The molecule has 3 aromatic rings. The number of anilines is 2. The first-order valence-electron chi connectivity index (χ1n) is 11.6. The molecule has 0 atom stereocenters. The van der Waals surface area contributed by atoms with Crippen molar-refractivity contribution in [1.82, 2.24) is 14.2 Å². The fourth-order valence-electron chi connectivity index (χ4n) is 4.69. The SMILES string of the molecule is CC(=O)N(c1ccccc1)c1nc(CN2CCN(S(=O)(=O)c3ccc4c(c3)CCC4)CC2)cs1. The minimum Gasteiger partial charge on any atom is -0.295 e. The first-order valence-corrected chi connectivity index (χ1v) is 13.9. The lowest BCUT2D eigenvalue weighted by Gasteiger charge is -2.33. The van der Waals surface area contributed by atoms with Crippen LogP contribution in [0, 0.1) is 0 Å². The molecule has 0 bridgehead atoms. The summed E-state index contributed by atoms with van der Waals surface area (Å²) in [5.41, 5.74) is 4.13. The minimum absolute atomic E-state index is 0.0857. The number of aromatic nitrogens is 1. The Hall–Kier alpha value is -2.59. The number of carbonyl (C=O) groups is 1. The molecule has 1 aromatic heterocycles. The van der Waals surface area contributed by atoms with Crippen molar-refractivity contribution in [2.45, 2.75) is 37.6 Å². The molecule has 34 heavy (non-hydrogen) atoms. The van der Waals surface area contributed by atoms with Crippen LogP contribution in [0.25, 0.3) is 0 Å². The number of thiazole rings is 1. The van der Waals surface area contributed by atoms with Crippen molar-refractivity contribution in [2.75, 3.05) is 31.1 Å². The molecule has 0 unspecified atom stereocenters. The van der Waals surface area contributed by atoms with E-state index in [2.05, 4.69) is 4.90 Å². The third-order valence-corrected chi connectivity index (χ3v) is 9.25. The van der Waals surface area contributed by atoms with Gasteiger partial charge in [-0.25, -0.2) is 13.4 Å². The lowest BCUT2D eigenvalue weighted by atomic mass is 10.1. The van der Waals surface area contributed by atoms with Crippen LogP contribution in [0.4, 0.5) is 10.8 Å². The summed E-state index contributed by atoms with van der Waals surface area (Å²) in [7, 11) is -3.48. The molecule has 7 nitrogen and oxygen atoms in total. The molecule has 2 aromatic carbocycles. The van der Waals surface area contributed by atoms with E-state index in [-0.39, 0.29) is 5.91 Å². The van der Waals surface area contributed by atoms with Crippen LogP contribution in [0.3, 0.4) is 0 Å². The zero-order chi connectivity index (χ0) is 23.7. The average Bonchev–Trinajstić information content (AvgIpc) is 3.49. The third-order valence-electron chi connectivity index (χ3n) is 6.48. The molecule has 2 aliphatic rings. The average molecular weight is 497 g/mol. The Kier molecular flexibility index (Phi) is 6.52. The quantitative estimate of drug-likeness (QED) is 0.519. The Morgan fingerprint density at radius 2 is 1.76 bits per heavy atom. The van der Waals surface area contributed by atoms with Crippen LogP contribution >= 0.6 is 11.3 Å². The predicted molar refractivity (Wildman–Crippen MR) is 134 cm³/mol. The van der Waals surface area contributed by atoms with E-state index in [1.54, 1.807) is 15.3 Å². The molecule has 0 saturated carbocycles. The summed E-state index contributed by atoms with van der Waals surface area (Å²) in [6.07, 6.45) is 3.11. The maximum absolute atomic E-state index is 13.2. The normalized spacial score (nSPS) is 17.0. The standard InChI is InChI=1S/C25H28N4O3S2/c1-19(30)29(23-8-3-2-4-9-23)25-26-22(18-33-25)17-27-12-14-28(15-13-27)34(31,32)24-11-10-20-6-5-7-21(20)16-24/h2-4,8-11,16,18H,5-7,12-15,17H2,1H3. The highest BCUT2D eigenvalue weighted by molar-refractivity contribution is 7.89. The number of fused-ring (bicyclic) bond motifs is 1. The first kappa shape index (κ1) is 23.2. The fourth-order valence-corrected chi connectivity index (χ4v) is 7.04. The van der Waals surface area contributed by atoms with Gasteiger partial charge in [0.1, 0.15) is 0 Å². The molecular formula is C25H28N4O3S2. The summed E-state index contributed by atoms with van der Waals surface area (Å²) in [5.74, 6) is -0.0857. The van der Waals surface area contributed by atoms with Crippen LogP contribution in [0.15, 0.2) is 58.8 Å². The highest BCUT2D eigenvalue weighted by Gasteiger charge is 2.30. The number of para-hydroxylation sites is 1. The summed E-state index contributed by atoms with van der Waals surface area (Å²) in [5, 5.41) is 2.62. The van der Waals surface area contributed by atoms with E-state index in [1.807, 2.05) is 47.8 Å². The number of amides is 1. The van der Waals surface area contributed by atoms with E-state index >= 15 is 0 Å². The number of benzene rings is 2. The van der Waals surface area contributed by atoms with Crippen LogP contribution in [-0.2, 0) is 34.2 Å². The van der Waals surface area contributed by atoms with Gasteiger partial charge in [0.05, 0.1) is 16.3 Å². The Morgan fingerprint density at radius 1 is 1.03 bits per heavy atom. The van der Waals surface area contributed by atoms with Crippen molar-refractivity contribution in [3.05, 3.63) is 70.7 Å². The fraction of sp³-hybridized carbons (Fsp3) is 0.360. The van der Waals surface area contributed by atoms with Crippen LogP contribution in [0.1, 0.15) is 30.2 Å². The Balaban J connectivity index is 1.22. The molecule has 1 aliphatic heterocycles. The molecule has 0 N–H and O–H groups in total. The van der Waals surface area contributed by atoms with Gasteiger partial charge in [-0.3, -0.25) is 14.6 Å². The van der Waals surface area contributed by atoms with E-state index in [0.717, 1.165) is 30.6 Å². The molecule has 0 spiro atoms. The van der Waals surface area contributed by atoms with Gasteiger partial charge in [0.25, 0.3) is 0 Å². The van der Waals surface area contributed by atoms with Crippen LogP contribution in [0.2, 0.25) is 0 Å². The molecular weight excluding hydrogens is 468 g/mol. The van der Waals surface area contributed by atoms with Gasteiger partial charge in [0, 0.05) is 45.0 Å². The number of hydrogen-bond acceptors (Lipinski definition) is 6. The zero-order valence-corrected chi connectivity index (χ0v) is 20.8. The lowest BCUT2D eigenvalue weighted by Crippen LogP contribution is -2.48. The van der Waals surface area contributed by atoms with Gasteiger partial charge >= 0.3 is 0 Å². The molecule has 2 heterocycles. The lowest BCUT2D eigenvalue weighted by molar-refractivity contribution is -0.115. The zero-order valence-electron chi connectivity index (χ0n) is 19.2. The largest absolute Gasteiger partial charge is 0.295 e. The van der Waals surface area contributed by atoms with Crippen molar-refractivity contribution < 1.29 is 13.2 Å². The Labute approximate surface area is 204 Å². The molecule has 1 saturated heterocycles. The summed E-state index contributed by atoms with van der Waals surface area (Å²) in [6, 6.07) is 15.1. The molecule has 1 amide bonds. The van der Waals surface area contributed by atoms with Gasteiger partial charge in [-0.1, -0.05) is 24.3 Å². The second kappa shape index (κ2) is 9.58. The first-order chi connectivity index (χ1) is 16.4. The monoisotopic (exact) mass is 496 g/mol. The number of carbonyl (C=O) groups excluding carboxylic acids is 1. The molecule has 1 aliphatic carbocycles. The molecule has 9 heteroatoms. The van der Waals surface area contributed by atoms with Crippen LogP contribution < -0.4 is 4.90 Å². The van der Waals surface area contributed by atoms with Crippen molar-refractivity contribution >= 4 is 38.1 Å². The van der Waals surface area contributed by atoms with Crippen molar-refractivity contribution in [2.24, 2.45) is 0 Å². The Morgan fingerprint density at radius 3 is 2.50 bits per heavy atom. The van der Waals surface area contributed by atoms with Crippen molar-refractivity contribution in [3.8, 4) is 0 Å². The smallest absolute Gasteiger partial charge is 0.243 e. The maximum atomic E-state index is 13.2. The molecule has 0 radical (unpaired) electrons. The van der Waals surface area contributed by atoms with Gasteiger partial charge in [-0.05, 0) is 54.7 Å². The number of rotatable bonds is 6. The summed E-state index contributed by atoms with van der Waals surface area (Å²) >= 11 is 1.44. The van der Waals surface area contributed by atoms with Gasteiger partial charge in [0.15, 0.2) is 5.13 Å². The predicted octanol–water partition coefficient (Wildman–Crippen LogP) is 3.82. The summed E-state index contributed by atoms with van der Waals surface area (Å²) in [4.78, 5) is 21.2. The number of nitrogens with zero attached hydrogens (tertiary/aromatic N) is 4. The highest BCUT2D eigenvalue weighted by Crippen LogP contribution is 2.30. The van der Waals surface area contributed by atoms with Gasteiger partial charge in [-0.15, -0.1) is 11.3 Å². The van der Waals surface area contributed by atoms with E-state index in [9.17, 15) is 13.2 Å². The van der Waals surface area contributed by atoms with Crippen LogP contribution in [0.5, 0.6) is 0 Å². The van der Waals surface area contributed by atoms with E-state index in [1.165, 1.54) is 29.4 Å². The van der Waals surface area contributed by atoms with Gasteiger partial charge < -0.3 is 0 Å². The van der Waals surface area contributed by atoms with E-state index < -0.39 is 10.0 Å². The molecule has 1 fully saturated rings. The summed E-state index contributed by atoms with van der Waals surface area (Å²) < 4.78 is 28.0. The van der Waals surface area contributed by atoms with Gasteiger partial charge in [-0.2, -0.15) is 4.31 Å². The number of aryl methyl sites for hydroxylation is 2. The Bertz CT molecular complexity index is 1280. The second-order valence-corrected chi connectivity index (χ2v) is 11.6. The number of piperazine rings is 1. The maximum Gasteiger partial charge on any atom is 0.243 e. The van der Waals surface area contributed by atoms with Crippen molar-refractivity contribution in [1.29, 1.82) is 0 Å². The van der Waals surface area contributed by atoms with Crippen molar-refractivity contribution in [3.63, 3.8) is 0 Å².